The van der Waals surface area contributed by atoms with Crippen molar-refractivity contribution in [1.82, 2.24) is 0 Å². The van der Waals surface area contributed by atoms with Crippen LogP contribution in [0.2, 0.25) is 0 Å². The van der Waals surface area contributed by atoms with Gasteiger partial charge in [-0.15, -0.1) is 0 Å². The summed E-state index contributed by atoms with van der Waals surface area (Å²) >= 11 is 0. The highest BCUT2D eigenvalue weighted by molar-refractivity contribution is 7.78. The molecule has 0 saturated carbocycles. The molecule has 0 radical (unpaired) electrons. The Hall–Kier alpha value is -0.610. The van der Waals surface area contributed by atoms with E-state index in [1.54, 1.807) is 10.6 Å². The fourth-order valence-electron chi connectivity index (χ4n) is 1.40. The molecule has 1 aliphatic rings. The summed E-state index contributed by atoms with van der Waals surface area (Å²) in [5, 5.41) is 3.25. The van der Waals surface area contributed by atoms with Crippen molar-refractivity contribution in [2.45, 2.75) is 13.8 Å². The van der Waals surface area contributed by atoms with E-state index in [1.807, 2.05) is 0 Å². The lowest BCUT2D eigenvalue weighted by Gasteiger charge is -1.94. The van der Waals surface area contributed by atoms with Gasteiger partial charge in [0.25, 0.3) is 0 Å². The average molecular weight is 176 g/mol. The quantitative estimate of drug-likeness (QED) is 0.577. The lowest BCUT2D eigenvalue weighted by Crippen LogP contribution is -1.89. The van der Waals surface area contributed by atoms with Crippen LogP contribution < -0.4 is 5.30 Å². The van der Waals surface area contributed by atoms with E-state index in [1.165, 1.54) is 11.7 Å². The first-order valence-electron chi connectivity index (χ1n) is 4.28. The van der Waals surface area contributed by atoms with Gasteiger partial charge in [0.1, 0.15) is 0 Å². The normalized spacial score (nSPS) is 20.8. The van der Waals surface area contributed by atoms with Crippen LogP contribution >= 0.6 is 7.92 Å². The minimum atomic E-state index is 0.131. The molecule has 0 amide bonds. The number of hydrogen-bond acceptors (Lipinski definition) is 0. The van der Waals surface area contributed by atoms with Gasteiger partial charge >= 0.3 is 0 Å². The molecule has 1 fully saturated rings. The molecule has 1 saturated heterocycles. The third-order valence-electron chi connectivity index (χ3n) is 2.18. The third kappa shape index (κ3) is 1.44. The SMILES string of the molecule is CC(C)=C1CP1c1ccccc1. The van der Waals surface area contributed by atoms with Gasteiger partial charge in [0, 0.05) is 6.16 Å². The van der Waals surface area contributed by atoms with Crippen molar-refractivity contribution in [3.05, 3.63) is 41.2 Å². The van der Waals surface area contributed by atoms with Crippen molar-refractivity contribution in [2.75, 3.05) is 6.16 Å². The molecule has 1 heterocycles. The van der Waals surface area contributed by atoms with Crippen LogP contribution in [0.1, 0.15) is 13.8 Å². The Labute approximate surface area is 75.1 Å². The van der Waals surface area contributed by atoms with Gasteiger partial charge in [0.15, 0.2) is 0 Å². The van der Waals surface area contributed by atoms with E-state index in [0.717, 1.165) is 0 Å². The topological polar surface area (TPSA) is 0 Å². The summed E-state index contributed by atoms with van der Waals surface area (Å²) in [6, 6.07) is 10.9. The lowest BCUT2D eigenvalue weighted by molar-refractivity contribution is 1.38. The predicted molar refractivity (Wildman–Crippen MR) is 56.2 cm³/mol. The maximum atomic E-state index is 2.25. The molecule has 0 bridgehead atoms. The molecule has 1 unspecified atom stereocenters. The molecule has 0 aromatic heterocycles. The van der Waals surface area contributed by atoms with Gasteiger partial charge in [-0.05, 0) is 32.4 Å². The van der Waals surface area contributed by atoms with Crippen molar-refractivity contribution in [1.29, 1.82) is 0 Å². The van der Waals surface area contributed by atoms with Gasteiger partial charge < -0.3 is 0 Å². The van der Waals surface area contributed by atoms with Crippen LogP contribution in [0.15, 0.2) is 41.2 Å². The fraction of sp³-hybridized carbons (Fsp3) is 0.273. The molecule has 1 aromatic rings. The molecule has 2 rings (SSSR count). The molecular weight excluding hydrogens is 163 g/mol. The molecule has 0 aliphatic carbocycles. The summed E-state index contributed by atoms with van der Waals surface area (Å²) in [5.41, 5.74) is 1.53. The predicted octanol–water partition coefficient (Wildman–Crippen LogP) is 3.10. The van der Waals surface area contributed by atoms with E-state index in [0.29, 0.717) is 0 Å². The maximum absolute atomic E-state index is 2.25. The fourth-order valence-corrected chi connectivity index (χ4v) is 3.72. The summed E-state index contributed by atoms with van der Waals surface area (Å²) in [6.07, 6.45) is 1.35. The summed E-state index contributed by atoms with van der Waals surface area (Å²) in [7, 11) is 0.131. The second kappa shape index (κ2) is 3.03. The lowest BCUT2D eigenvalue weighted by atomic mass is 10.3. The largest absolute Gasteiger partial charge is 0.0720 e. The van der Waals surface area contributed by atoms with Crippen molar-refractivity contribution >= 4 is 13.2 Å². The van der Waals surface area contributed by atoms with Crippen molar-refractivity contribution in [3.63, 3.8) is 0 Å². The van der Waals surface area contributed by atoms with Crippen molar-refractivity contribution in [3.8, 4) is 0 Å². The van der Waals surface area contributed by atoms with Crippen molar-refractivity contribution in [2.24, 2.45) is 0 Å². The second-order valence-corrected chi connectivity index (χ2v) is 5.60. The second-order valence-electron chi connectivity index (χ2n) is 3.37. The number of benzene rings is 1. The standard InChI is InChI=1S/C11H13P/c1-9(2)11-8-12(11)10-6-4-3-5-7-10/h3-7H,8H2,1-2H3. The van der Waals surface area contributed by atoms with E-state index in [9.17, 15) is 0 Å². The van der Waals surface area contributed by atoms with Crippen LogP contribution in [0.3, 0.4) is 0 Å². The highest BCUT2D eigenvalue weighted by Gasteiger charge is 2.31. The highest BCUT2D eigenvalue weighted by atomic mass is 31.1. The van der Waals surface area contributed by atoms with E-state index in [-0.39, 0.29) is 7.92 Å². The van der Waals surface area contributed by atoms with Gasteiger partial charge in [0.2, 0.25) is 0 Å². The van der Waals surface area contributed by atoms with Crippen LogP contribution in [0.4, 0.5) is 0 Å². The Morgan fingerprint density at radius 1 is 1.17 bits per heavy atom. The smallest absolute Gasteiger partial charge is 0.00116 e. The number of hydrogen-bond donors (Lipinski definition) is 0. The Bertz CT molecular complexity index is 307. The summed E-state index contributed by atoms with van der Waals surface area (Å²) < 4.78 is 0. The van der Waals surface area contributed by atoms with E-state index < -0.39 is 0 Å². The zero-order valence-electron chi connectivity index (χ0n) is 7.54. The van der Waals surface area contributed by atoms with Gasteiger partial charge in [-0.2, -0.15) is 0 Å². The van der Waals surface area contributed by atoms with E-state index >= 15 is 0 Å². The van der Waals surface area contributed by atoms with Crippen LogP contribution in [-0.2, 0) is 0 Å². The minimum Gasteiger partial charge on any atom is -0.0720 e. The van der Waals surface area contributed by atoms with E-state index in [4.69, 9.17) is 0 Å². The zero-order valence-corrected chi connectivity index (χ0v) is 8.44. The van der Waals surface area contributed by atoms with Crippen molar-refractivity contribution < 1.29 is 0 Å². The molecule has 1 aliphatic heterocycles. The summed E-state index contributed by atoms with van der Waals surface area (Å²) in [5.74, 6) is 0. The first-order valence-corrected chi connectivity index (χ1v) is 5.80. The van der Waals surface area contributed by atoms with Crippen LogP contribution in [0, 0.1) is 0 Å². The maximum Gasteiger partial charge on any atom is 0.00116 e. The molecular formula is C11H13P. The highest BCUT2D eigenvalue weighted by Crippen LogP contribution is 2.62. The monoisotopic (exact) mass is 176 g/mol. The third-order valence-corrected chi connectivity index (χ3v) is 4.60. The van der Waals surface area contributed by atoms with Gasteiger partial charge in [-0.3, -0.25) is 0 Å². The molecule has 1 atom stereocenters. The number of allylic oxidation sites excluding steroid dienone is 2. The van der Waals surface area contributed by atoms with Crippen LogP contribution in [0.25, 0.3) is 0 Å². The molecule has 12 heavy (non-hydrogen) atoms. The molecule has 0 spiro atoms. The molecule has 1 heteroatoms. The van der Waals surface area contributed by atoms with Gasteiger partial charge in [-0.25, -0.2) is 0 Å². The van der Waals surface area contributed by atoms with Crippen LogP contribution in [0.5, 0.6) is 0 Å². The molecule has 0 nitrogen and oxygen atoms in total. The Balaban J connectivity index is 2.22. The molecule has 62 valence electrons. The minimum absolute atomic E-state index is 0.131. The Morgan fingerprint density at radius 3 is 2.33 bits per heavy atom. The molecule has 1 aromatic carbocycles. The first-order chi connectivity index (χ1) is 5.79. The first kappa shape index (κ1) is 8.01. The van der Waals surface area contributed by atoms with Gasteiger partial charge in [-0.1, -0.05) is 35.9 Å². The summed E-state index contributed by atoms with van der Waals surface area (Å²) in [4.78, 5) is 0. The van der Waals surface area contributed by atoms with Crippen LogP contribution in [-0.4, -0.2) is 6.16 Å². The Morgan fingerprint density at radius 2 is 1.83 bits per heavy atom. The van der Waals surface area contributed by atoms with E-state index in [2.05, 4.69) is 44.2 Å². The van der Waals surface area contributed by atoms with Gasteiger partial charge in [0.05, 0.1) is 0 Å². The average Bonchev–Trinajstić information content (AvgIpc) is 2.84. The zero-order chi connectivity index (χ0) is 8.55. The molecule has 0 N–H and O–H groups in total. The number of rotatable bonds is 1. The Kier molecular flexibility index (Phi) is 2.02. The summed E-state index contributed by atoms with van der Waals surface area (Å²) in [6.45, 7) is 4.45.